The number of H-pyrrole nitrogens is 2. The van der Waals surface area contributed by atoms with Crippen molar-refractivity contribution >= 4 is 16.8 Å². The van der Waals surface area contributed by atoms with Crippen LogP contribution in [0.5, 0.6) is 5.75 Å². The highest BCUT2D eigenvalue weighted by molar-refractivity contribution is 5.84. The van der Waals surface area contributed by atoms with Gasteiger partial charge in [-0.3, -0.25) is 10.1 Å². The van der Waals surface area contributed by atoms with Gasteiger partial charge in [0, 0.05) is 24.5 Å². The fraction of sp³-hybridized carbons (Fsp3) is 0.375. The Labute approximate surface area is 132 Å². The van der Waals surface area contributed by atoms with E-state index in [0.717, 1.165) is 5.56 Å². The molecule has 124 valence electrons. The van der Waals surface area contributed by atoms with Gasteiger partial charge in [0.1, 0.15) is 17.6 Å². The summed E-state index contributed by atoms with van der Waals surface area (Å²) >= 11 is 0. The molecule has 0 bridgehead atoms. The van der Waals surface area contributed by atoms with Crippen molar-refractivity contribution in [2.75, 3.05) is 7.11 Å². The molecule has 1 aromatic carbocycles. The van der Waals surface area contributed by atoms with E-state index in [4.69, 9.17) is 9.99 Å². The highest BCUT2D eigenvalue weighted by Gasteiger charge is 2.13. The molecule has 1 heterocycles. The molecule has 1 unspecified atom stereocenters. The van der Waals surface area contributed by atoms with Gasteiger partial charge in [-0.1, -0.05) is 6.08 Å². The van der Waals surface area contributed by atoms with Crippen LogP contribution in [0, 0.1) is 0 Å². The lowest BCUT2D eigenvalue weighted by atomic mass is 10.0. The number of benzene rings is 1. The molecule has 2 rings (SSSR count). The van der Waals surface area contributed by atoms with Gasteiger partial charge < -0.3 is 14.7 Å². The Kier molecular flexibility index (Phi) is 5.72. The van der Waals surface area contributed by atoms with E-state index in [1.165, 1.54) is 13.2 Å². The number of carbonyl (C=O) groups is 1. The Morgan fingerprint density at radius 3 is 2.70 bits per heavy atom. The third-order valence-electron chi connectivity index (χ3n) is 3.65. The molecule has 0 radical (unpaired) electrons. The number of ketones is 1. The molecule has 0 aliphatic heterocycles. The number of aromatic nitrogens is 2. The molecule has 7 heteroatoms. The molecule has 0 saturated heterocycles. The average Bonchev–Trinajstić information content (AvgIpc) is 2.89. The van der Waals surface area contributed by atoms with Crippen LogP contribution in [0.25, 0.3) is 11.0 Å². The van der Waals surface area contributed by atoms with Crippen molar-refractivity contribution in [3.05, 3.63) is 40.8 Å². The molecule has 0 amide bonds. The number of carbonyl (C=O) groups excluding carboxylic acids is 1. The highest BCUT2D eigenvalue weighted by atomic mass is 17.1. The second-order valence-corrected chi connectivity index (χ2v) is 5.28. The standard InChI is InChI=1S/C16H20N2O5/c1-3-12(23-21)6-4-5-11(19)7-10-8-13-14(9-15(10)22-2)18-16(20)17-13/h3,8-9,12,21H,1,4-7H2,2H3,(H2,17,18,20). The van der Waals surface area contributed by atoms with Crippen LogP contribution >= 0.6 is 0 Å². The topological polar surface area (TPSA) is 104 Å². The minimum absolute atomic E-state index is 0.0429. The molecule has 7 nitrogen and oxygen atoms in total. The van der Waals surface area contributed by atoms with Crippen LogP contribution in [0.15, 0.2) is 29.6 Å². The van der Waals surface area contributed by atoms with Gasteiger partial charge in [0.15, 0.2) is 0 Å². The van der Waals surface area contributed by atoms with Crippen LogP contribution in [-0.4, -0.2) is 34.2 Å². The summed E-state index contributed by atoms with van der Waals surface area (Å²) in [7, 11) is 1.52. The number of hydrogen-bond acceptors (Lipinski definition) is 5. The molecular formula is C16H20N2O5. The first-order valence-corrected chi connectivity index (χ1v) is 7.30. The lowest BCUT2D eigenvalue weighted by Gasteiger charge is -2.09. The molecule has 1 atom stereocenters. The first kappa shape index (κ1) is 17.0. The van der Waals surface area contributed by atoms with E-state index in [1.54, 1.807) is 12.1 Å². The van der Waals surface area contributed by atoms with Crippen molar-refractivity contribution in [2.45, 2.75) is 31.8 Å². The summed E-state index contributed by atoms with van der Waals surface area (Å²) in [5, 5.41) is 8.59. The molecule has 1 aromatic heterocycles. The van der Waals surface area contributed by atoms with Crippen LogP contribution < -0.4 is 10.4 Å². The molecule has 0 aliphatic rings. The number of aromatic amines is 2. The van der Waals surface area contributed by atoms with Gasteiger partial charge in [-0.15, -0.1) is 6.58 Å². The van der Waals surface area contributed by atoms with Crippen LogP contribution in [0.4, 0.5) is 0 Å². The molecule has 0 fully saturated rings. The number of nitrogens with one attached hydrogen (secondary N) is 2. The minimum Gasteiger partial charge on any atom is -0.496 e. The maximum absolute atomic E-state index is 12.1. The van der Waals surface area contributed by atoms with E-state index in [0.29, 0.717) is 36.0 Å². The number of methoxy groups -OCH3 is 1. The minimum atomic E-state index is -0.460. The predicted octanol–water partition coefficient (Wildman–Crippen LogP) is 2.19. The van der Waals surface area contributed by atoms with Crippen LogP contribution in [0.3, 0.4) is 0 Å². The smallest absolute Gasteiger partial charge is 0.323 e. The summed E-state index contributed by atoms with van der Waals surface area (Å²) in [6.45, 7) is 3.53. The zero-order valence-corrected chi connectivity index (χ0v) is 12.9. The highest BCUT2D eigenvalue weighted by Crippen LogP contribution is 2.24. The van der Waals surface area contributed by atoms with E-state index < -0.39 is 6.10 Å². The second kappa shape index (κ2) is 7.75. The summed E-state index contributed by atoms with van der Waals surface area (Å²) in [6.07, 6.45) is 2.71. The van der Waals surface area contributed by atoms with Gasteiger partial charge in [0.05, 0.1) is 18.1 Å². The lowest BCUT2D eigenvalue weighted by Crippen LogP contribution is -2.09. The largest absolute Gasteiger partial charge is 0.496 e. The summed E-state index contributed by atoms with van der Waals surface area (Å²) < 4.78 is 5.29. The third-order valence-corrected chi connectivity index (χ3v) is 3.65. The van der Waals surface area contributed by atoms with Gasteiger partial charge in [0.2, 0.25) is 0 Å². The van der Waals surface area contributed by atoms with E-state index in [2.05, 4.69) is 21.4 Å². The van der Waals surface area contributed by atoms with E-state index in [-0.39, 0.29) is 17.9 Å². The number of fused-ring (bicyclic) bond motifs is 1. The zero-order chi connectivity index (χ0) is 16.8. The average molecular weight is 320 g/mol. The van der Waals surface area contributed by atoms with Gasteiger partial charge in [-0.05, 0) is 18.9 Å². The molecule has 2 aromatic rings. The molecule has 23 heavy (non-hydrogen) atoms. The molecular weight excluding hydrogens is 300 g/mol. The van der Waals surface area contributed by atoms with Gasteiger partial charge >= 0.3 is 5.69 Å². The van der Waals surface area contributed by atoms with Gasteiger partial charge in [-0.25, -0.2) is 9.68 Å². The number of ether oxygens (including phenoxy) is 1. The predicted molar refractivity (Wildman–Crippen MR) is 85.7 cm³/mol. The summed E-state index contributed by atoms with van der Waals surface area (Å²) in [6, 6.07) is 3.44. The van der Waals surface area contributed by atoms with Crippen LogP contribution in [0.1, 0.15) is 24.8 Å². The van der Waals surface area contributed by atoms with Crippen molar-refractivity contribution in [1.82, 2.24) is 9.97 Å². The summed E-state index contributed by atoms with van der Waals surface area (Å²) in [4.78, 5) is 33.0. The maximum Gasteiger partial charge on any atom is 0.323 e. The Hall–Kier alpha value is -2.38. The van der Waals surface area contributed by atoms with E-state index >= 15 is 0 Å². The van der Waals surface area contributed by atoms with Crippen molar-refractivity contribution in [3.8, 4) is 5.75 Å². The normalized spacial score (nSPS) is 12.3. The van der Waals surface area contributed by atoms with Crippen molar-refractivity contribution < 1.29 is 19.7 Å². The Bertz CT molecular complexity index is 746. The van der Waals surface area contributed by atoms with Crippen LogP contribution in [0.2, 0.25) is 0 Å². The molecule has 0 aliphatic carbocycles. The third kappa shape index (κ3) is 4.30. The van der Waals surface area contributed by atoms with E-state index in [9.17, 15) is 9.59 Å². The summed E-state index contributed by atoms with van der Waals surface area (Å²) in [5.74, 6) is 0.602. The number of rotatable bonds is 9. The van der Waals surface area contributed by atoms with Gasteiger partial charge in [0.25, 0.3) is 0 Å². The Morgan fingerprint density at radius 2 is 2.09 bits per heavy atom. The van der Waals surface area contributed by atoms with Crippen LogP contribution in [-0.2, 0) is 16.1 Å². The Morgan fingerprint density at radius 1 is 1.39 bits per heavy atom. The molecule has 0 spiro atoms. The Balaban J connectivity index is 2.03. The first-order valence-electron chi connectivity index (χ1n) is 7.30. The lowest BCUT2D eigenvalue weighted by molar-refractivity contribution is -0.267. The summed E-state index contributed by atoms with van der Waals surface area (Å²) in [5.41, 5.74) is 1.69. The zero-order valence-electron chi connectivity index (χ0n) is 12.9. The second-order valence-electron chi connectivity index (χ2n) is 5.28. The quantitative estimate of drug-likeness (QED) is 0.373. The molecule has 0 saturated carbocycles. The SMILES string of the molecule is C=CC(CCCC(=O)Cc1cc2[nH]c(=O)[nH]c2cc1OC)OO. The van der Waals surface area contributed by atoms with Crippen molar-refractivity contribution in [1.29, 1.82) is 0 Å². The van der Waals surface area contributed by atoms with Crippen molar-refractivity contribution in [2.24, 2.45) is 0 Å². The number of Topliss-reactive ketones (excluding diaryl/α,β-unsaturated/α-hetero) is 1. The molecule has 3 N–H and O–H groups in total. The number of hydrogen-bond donors (Lipinski definition) is 3. The van der Waals surface area contributed by atoms with E-state index in [1.807, 2.05) is 0 Å². The monoisotopic (exact) mass is 320 g/mol. The fourth-order valence-corrected chi connectivity index (χ4v) is 2.45. The fourth-order valence-electron chi connectivity index (χ4n) is 2.45. The number of imidazole rings is 1. The van der Waals surface area contributed by atoms with Gasteiger partial charge in [-0.2, -0.15) is 0 Å². The maximum atomic E-state index is 12.1. The van der Waals surface area contributed by atoms with Crippen molar-refractivity contribution in [3.63, 3.8) is 0 Å². The first-order chi connectivity index (χ1) is 11.1.